The predicted octanol–water partition coefficient (Wildman–Crippen LogP) is 2.74. The molecule has 0 bridgehead atoms. The molecule has 140 valence electrons. The minimum Gasteiger partial charge on any atom is -0.339 e. The number of rotatable bonds is 3. The number of carbonyl (C=O) groups excluding carboxylic acids is 1. The average Bonchev–Trinajstić information content (AvgIpc) is 3.29. The fourth-order valence-corrected chi connectivity index (χ4v) is 4.83. The smallest absolute Gasteiger partial charge is 0.270 e. The van der Waals surface area contributed by atoms with Crippen molar-refractivity contribution in [2.75, 3.05) is 13.1 Å². The molecule has 1 saturated carbocycles. The van der Waals surface area contributed by atoms with Gasteiger partial charge in [-0.1, -0.05) is 0 Å². The van der Waals surface area contributed by atoms with Gasteiger partial charge in [-0.05, 0) is 55.9 Å². The first kappa shape index (κ1) is 16.7. The van der Waals surface area contributed by atoms with Crippen molar-refractivity contribution in [3.05, 3.63) is 39.3 Å². The van der Waals surface area contributed by atoms with Crippen LogP contribution in [0.25, 0.3) is 16.2 Å². The minimum atomic E-state index is -0.185. The minimum absolute atomic E-state index is 0.0203. The Balaban J connectivity index is 1.40. The molecule has 2 fully saturated rings. The summed E-state index contributed by atoms with van der Waals surface area (Å²) in [6.07, 6.45) is 6.53. The molecule has 2 aliphatic rings. The number of hydrogen-bond acceptors (Lipinski definition) is 5. The number of nitrogens with one attached hydrogen (secondary N) is 1. The molecule has 0 aromatic carbocycles. The van der Waals surface area contributed by atoms with Crippen molar-refractivity contribution < 1.29 is 4.79 Å². The van der Waals surface area contributed by atoms with Crippen molar-refractivity contribution >= 4 is 27.5 Å². The van der Waals surface area contributed by atoms with Gasteiger partial charge in [-0.25, -0.2) is 9.67 Å². The number of aromatic amines is 1. The highest BCUT2D eigenvalue weighted by Gasteiger charge is 2.35. The molecule has 5 rings (SSSR count). The Morgan fingerprint density at radius 1 is 1.22 bits per heavy atom. The SMILES string of the molecule is Cc1c(C(=O)N2CCC(C3CC3)CC2)cnn1-c1nc2ccsc2c(=O)[nH]1. The van der Waals surface area contributed by atoms with E-state index in [9.17, 15) is 9.59 Å². The summed E-state index contributed by atoms with van der Waals surface area (Å²) in [6.45, 7) is 3.48. The Morgan fingerprint density at radius 3 is 2.70 bits per heavy atom. The number of aromatic nitrogens is 4. The van der Waals surface area contributed by atoms with E-state index in [4.69, 9.17) is 0 Å². The van der Waals surface area contributed by atoms with Crippen LogP contribution in [0.5, 0.6) is 0 Å². The van der Waals surface area contributed by atoms with Crippen LogP contribution < -0.4 is 5.56 Å². The zero-order chi connectivity index (χ0) is 18.5. The van der Waals surface area contributed by atoms with Crippen molar-refractivity contribution in [3.63, 3.8) is 0 Å². The molecule has 7 nitrogen and oxygen atoms in total. The number of amides is 1. The van der Waals surface area contributed by atoms with Gasteiger partial charge in [0.25, 0.3) is 11.5 Å². The second kappa shape index (κ2) is 6.30. The lowest BCUT2D eigenvalue weighted by atomic mass is 9.92. The molecule has 4 heterocycles. The summed E-state index contributed by atoms with van der Waals surface area (Å²) in [4.78, 5) is 34.4. The van der Waals surface area contributed by atoms with Crippen molar-refractivity contribution in [1.82, 2.24) is 24.6 Å². The summed E-state index contributed by atoms with van der Waals surface area (Å²) in [5.74, 6) is 2.06. The van der Waals surface area contributed by atoms with Gasteiger partial charge in [0.2, 0.25) is 5.95 Å². The molecule has 3 aromatic heterocycles. The molecule has 0 radical (unpaired) electrons. The Bertz CT molecular complexity index is 1070. The number of thiophene rings is 1. The summed E-state index contributed by atoms with van der Waals surface area (Å²) < 4.78 is 2.14. The van der Waals surface area contributed by atoms with Gasteiger partial charge in [-0.3, -0.25) is 14.6 Å². The number of carbonyl (C=O) groups is 1. The van der Waals surface area contributed by atoms with E-state index in [2.05, 4.69) is 15.1 Å². The second-order valence-electron chi connectivity index (χ2n) is 7.55. The number of H-pyrrole nitrogens is 1. The quantitative estimate of drug-likeness (QED) is 0.754. The van der Waals surface area contributed by atoms with Crippen LogP contribution in [0, 0.1) is 18.8 Å². The standard InChI is InChI=1S/C19H21N5O2S/c1-11-14(18(26)23-7-4-13(5-8-23)12-2-3-12)10-20-24(11)19-21-15-6-9-27-16(15)17(25)22-19/h6,9-10,12-13H,2-5,7-8H2,1H3,(H,21,22,25). The van der Waals surface area contributed by atoms with E-state index in [0.29, 0.717) is 27.4 Å². The molecule has 27 heavy (non-hydrogen) atoms. The topological polar surface area (TPSA) is 83.9 Å². The Kier molecular flexibility index (Phi) is 3.89. The molecule has 1 aliphatic carbocycles. The third-order valence-electron chi connectivity index (χ3n) is 5.86. The zero-order valence-electron chi connectivity index (χ0n) is 15.1. The monoisotopic (exact) mass is 383 g/mol. The highest BCUT2D eigenvalue weighted by Crippen LogP contribution is 2.41. The maximum absolute atomic E-state index is 13.0. The van der Waals surface area contributed by atoms with Crippen molar-refractivity contribution in [3.8, 4) is 5.95 Å². The van der Waals surface area contributed by atoms with Crippen LogP contribution >= 0.6 is 11.3 Å². The molecule has 1 N–H and O–H groups in total. The first-order valence-electron chi connectivity index (χ1n) is 9.43. The Hall–Kier alpha value is -2.48. The normalized spacial score (nSPS) is 18.3. The van der Waals surface area contributed by atoms with Gasteiger partial charge in [0.15, 0.2) is 0 Å². The van der Waals surface area contributed by atoms with Crippen molar-refractivity contribution in [2.24, 2.45) is 11.8 Å². The molecular weight excluding hydrogens is 362 g/mol. The van der Waals surface area contributed by atoms with Crippen LogP contribution in [0.3, 0.4) is 0 Å². The molecule has 0 spiro atoms. The van der Waals surface area contributed by atoms with E-state index >= 15 is 0 Å². The van der Waals surface area contributed by atoms with E-state index in [0.717, 1.165) is 37.8 Å². The summed E-state index contributed by atoms with van der Waals surface area (Å²) in [7, 11) is 0. The van der Waals surface area contributed by atoms with E-state index in [-0.39, 0.29) is 11.5 Å². The van der Waals surface area contributed by atoms with E-state index in [1.807, 2.05) is 23.3 Å². The van der Waals surface area contributed by atoms with Crippen molar-refractivity contribution in [2.45, 2.75) is 32.6 Å². The van der Waals surface area contributed by atoms with E-state index in [1.54, 1.807) is 10.9 Å². The van der Waals surface area contributed by atoms with Crippen LogP contribution in [0.1, 0.15) is 41.7 Å². The van der Waals surface area contributed by atoms with Gasteiger partial charge in [0, 0.05) is 13.1 Å². The summed E-state index contributed by atoms with van der Waals surface area (Å²) in [5.41, 5.74) is 1.73. The van der Waals surface area contributed by atoms with E-state index in [1.165, 1.54) is 24.2 Å². The molecule has 8 heteroatoms. The van der Waals surface area contributed by atoms with Crippen molar-refractivity contribution in [1.29, 1.82) is 0 Å². The third-order valence-corrected chi connectivity index (χ3v) is 6.76. The Morgan fingerprint density at radius 2 is 1.96 bits per heavy atom. The van der Waals surface area contributed by atoms with Crippen LogP contribution in [0.15, 0.2) is 22.4 Å². The van der Waals surface area contributed by atoms with Crippen LogP contribution in [0.4, 0.5) is 0 Å². The number of nitrogens with zero attached hydrogens (tertiary/aromatic N) is 4. The van der Waals surface area contributed by atoms with Crippen LogP contribution in [0.2, 0.25) is 0 Å². The van der Waals surface area contributed by atoms with Gasteiger partial charge in [-0.15, -0.1) is 11.3 Å². The lowest BCUT2D eigenvalue weighted by Gasteiger charge is -2.32. The van der Waals surface area contributed by atoms with Gasteiger partial charge >= 0.3 is 0 Å². The number of hydrogen-bond donors (Lipinski definition) is 1. The average molecular weight is 383 g/mol. The molecule has 3 aromatic rings. The fourth-order valence-electron chi connectivity index (χ4n) is 4.11. The van der Waals surface area contributed by atoms with Gasteiger partial charge in [0.1, 0.15) is 4.70 Å². The van der Waals surface area contributed by atoms with Crippen LogP contribution in [-0.4, -0.2) is 43.6 Å². The summed E-state index contributed by atoms with van der Waals surface area (Å²) in [5, 5.41) is 6.17. The molecular formula is C19H21N5O2S. The third kappa shape index (κ3) is 2.88. The molecule has 1 saturated heterocycles. The lowest BCUT2D eigenvalue weighted by Crippen LogP contribution is -2.39. The van der Waals surface area contributed by atoms with Crippen LogP contribution in [-0.2, 0) is 0 Å². The first-order chi connectivity index (χ1) is 13.1. The number of likely N-dealkylation sites (tertiary alicyclic amines) is 1. The largest absolute Gasteiger partial charge is 0.339 e. The zero-order valence-corrected chi connectivity index (χ0v) is 16.0. The maximum Gasteiger partial charge on any atom is 0.270 e. The molecule has 1 aliphatic heterocycles. The number of piperidine rings is 1. The molecule has 1 amide bonds. The van der Waals surface area contributed by atoms with Gasteiger partial charge in [-0.2, -0.15) is 5.10 Å². The highest BCUT2D eigenvalue weighted by molar-refractivity contribution is 7.17. The van der Waals surface area contributed by atoms with Gasteiger partial charge < -0.3 is 4.90 Å². The second-order valence-corrected chi connectivity index (χ2v) is 8.46. The number of fused-ring (bicyclic) bond motifs is 1. The maximum atomic E-state index is 13.0. The lowest BCUT2D eigenvalue weighted by molar-refractivity contribution is 0.0680. The predicted molar refractivity (Wildman–Crippen MR) is 103 cm³/mol. The van der Waals surface area contributed by atoms with Gasteiger partial charge in [0.05, 0.1) is 23.0 Å². The van der Waals surface area contributed by atoms with E-state index < -0.39 is 0 Å². The Labute approximate surface area is 160 Å². The fraction of sp³-hybridized carbons (Fsp3) is 0.474. The molecule has 0 atom stereocenters. The summed E-state index contributed by atoms with van der Waals surface area (Å²) in [6, 6.07) is 1.81. The molecule has 0 unspecified atom stereocenters. The summed E-state index contributed by atoms with van der Waals surface area (Å²) >= 11 is 1.36. The first-order valence-corrected chi connectivity index (χ1v) is 10.3. The highest BCUT2D eigenvalue weighted by atomic mass is 32.1.